The molecule has 2 aromatic carbocycles. The van der Waals surface area contributed by atoms with Crippen LogP contribution in [0.1, 0.15) is 42.9 Å². The van der Waals surface area contributed by atoms with Gasteiger partial charge in [0.15, 0.2) is 0 Å². The van der Waals surface area contributed by atoms with Crippen LogP contribution in [0.25, 0.3) is 0 Å². The van der Waals surface area contributed by atoms with Crippen molar-refractivity contribution in [1.82, 2.24) is 14.5 Å². The fourth-order valence-corrected chi connectivity index (χ4v) is 7.39. The lowest BCUT2D eigenvalue weighted by Crippen LogP contribution is -2.46. The summed E-state index contributed by atoms with van der Waals surface area (Å²) in [5, 5.41) is 3.05. The first-order valence-electron chi connectivity index (χ1n) is 13.3. The van der Waals surface area contributed by atoms with Gasteiger partial charge in [-0.05, 0) is 67.0 Å². The van der Waals surface area contributed by atoms with Gasteiger partial charge in [0.1, 0.15) is 0 Å². The number of sulfonamides is 1. The number of nitrogens with one attached hydrogen (secondary N) is 1. The van der Waals surface area contributed by atoms with Crippen molar-refractivity contribution < 1.29 is 18.0 Å². The molecule has 3 heterocycles. The van der Waals surface area contributed by atoms with E-state index in [1.54, 1.807) is 23.1 Å². The van der Waals surface area contributed by atoms with Crippen LogP contribution in [0.4, 0.5) is 5.69 Å². The van der Waals surface area contributed by atoms with Gasteiger partial charge in [-0.2, -0.15) is 4.31 Å². The maximum Gasteiger partial charge on any atom is 0.243 e. The third-order valence-electron chi connectivity index (χ3n) is 7.88. The molecule has 37 heavy (non-hydrogen) atoms. The van der Waals surface area contributed by atoms with E-state index < -0.39 is 10.0 Å². The van der Waals surface area contributed by atoms with E-state index in [-0.39, 0.29) is 29.2 Å². The highest BCUT2D eigenvalue weighted by molar-refractivity contribution is 7.89. The Morgan fingerprint density at radius 1 is 0.973 bits per heavy atom. The molecule has 3 aliphatic rings. The molecule has 0 spiro atoms. The smallest absolute Gasteiger partial charge is 0.243 e. The number of rotatable bonds is 6. The summed E-state index contributed by atoms with van der Waals surface area (Å²) in [5.74, 6) is -0.456. The van der Waals surface area contributed by atoms with Crippen LogP contribution in [0.15, 0.2) is 47.4 Å². The predicted molar refractivity (Wildman–Crippen MR) is 143 cm³/mol. The molecule has 0 aromatic heterocycles. The van der Waals surface area contributed by atoms with E-state index in [2.05, 4.69) is 34.5 Å². The van der Waals surface area contributed by atoms with Crippen molar-refractivity contribution in [3.05, 3.63) is 59.2 Å². The summed E-state index contributed by atoms with van der Waals surface area (Å²) in [5.41, 5.74) is 4.44. The molecule has 0 bridgehead atoms. The monoisotopic (exact) mass is 524 g/mol. The lowest BCUT2D eigenvalue weighted by Gasteiger charge is -2.33. The SMILES string of the molecule is CC(=O)N1CCCc2cc(S(=O)(=O)N3CCCC(C(=O)NCCN4CCc5ccccc5C4)C3)ccc21. The molecule has 5 rings (SSSR count). The molecule has 2 amide bonds. The van der Waals surface area contributed by atoms with E-state index in [0.717, 1.165) is 50.1 Å². The van der Waals surface area contributed by atoms with Crippen molar-refractivity contribution in [3.63, 3.8) is 0 Å². The van der Waals surface area contributed by atoms with Gasteiger partial charge in [-0.25, -0.2) is 8.42 Å². The van der Waals surface area contributed by atoms with Gasteiger partial charge in [-0.1, -0.05) is 24.3 Å². The number of benzene rings is 2. The number of piperidine rings is 1. The second-order valence-corrected chi connectivity index (χ2v) is 12.3. The summed E-state index contributed by atoms with van der Waals surface area (Å²) in [6, 6.07) is 13.5. The Kier molecular flexibility index (Phi) is 7.65. The zero-order chi connectivity index (χ0) is 26.0. The summed E-state index contributed by atoms with van der Waals surface area (Å²) >= 11 is 0. The molecule has 2 aromatic rings. The number of carbonyl (C=O) groups is 2. The Labute approximate surface area is 219 Å². The topological polar surface area (TPSA) is 90.0 Å². The van der Waals surface area contributed by atoms with Gasteiger partial charge < -0.3 is 10.2 Å². The van der Waals surface area contributed by atoms with Crippen LogP contribution in [-0.2, 0) is 39.0 Å². The third kappa shape index (κ3) is 5.58. The molecule has 9 heteroatoms. The van der Waals surface area contributed by atoms with Crippen LogP contribution < -0.4 is 10.2 Å². The second kappa shape index (κ2) is 10.9. The summed E-state index contributed by atoms with van der Waals surface area (Å²) in [6.45, 7) is 6.01. The van der Waals surface area contributed by atoms with Gasteiger partial charge in [-0.3, -0.25) is 14.5 Å². The van der Waals surface area contributed by atoms with E-state index in [1.165, 1.54) is 22.4 Å². The van der Waals surface area contributed by atoms with E-state index in [4.69, 9.17) is 0 Å². The molecule has 1 atom stereocenters. The van der Waals surface area contributed by atoms with Crippen molar-refractivity contribution in [2.75, 3.05) is 44.2 Å². The average Bonchev–Trinajstić information content (AvgIpc) is 2.92. The molecule has 0 saturated carbocycles. The molecule has 1 unspecified atom stereocenters. The summed E-state index contributed by atoms with van der Waals surface area (Å²) in [6.07, 6.45) is 3.92. The van der Waals surface area contributed by atoms with Crippen molar-refractivity contribution in [3.8, 4) is 0 Å². The molecule has 1 fully saturated rings. The zero-order valence-electron chi connectivity index (χ0n) is 21.5. The standard InChI is InChI=1S/C28H36N4O4S/c1-21(33)32-15-5-8-23-18-26(10-11-27(23)32)37(35,36)31-14-4-9-25(20-31)28(34)29-13-17-30-16-12-22-6-2-3-7-24(22)19-30/h2-3,6-7,10-11,18,25H,4-5,8-9,12-17,19-20H2,1H3,(H,29,34). The predicted octanol–water partition coefficient (Wildman–Crippen LogP) is 2.56. The fourth-order valence-electron chi connectivity index (χ4n) is 5.81. The number of fused-ring (bicyclic) bond motifs is 2. The van der Waals surface area contributed by atoms with Crippen molar-refractivity contribution in [2.45, 2.75) is 50.5 Å². The number of hydrogen-bond donors (Lipinski definition) is 1. The van der Waals surface area contributed by atoms with E-state index >= 15 is 0 Å². The number of aryl methyl sites for hydroxylation is 1. The van der Waals surface area contributed by atoms with Crippen LogP contribution in [0.2, 0.25) is 0 Å². The first-order valence-corrected chi connectivity index (χ1v) is 14.7. The molecule has 0 aliphatic carbocycles. The van der Waals surface area contributed by atoms with Gasteiger partial charge >= 0.3 is 0 Å². The molecule has 1 saturated heterocycles. The Hall–Kier alpha value is -2.75. The van der Waals surface area contributed by atoms with Gasteiger partial charge in [0.25, 0.3) is 0 Å². The highest BCUT2D eigenvalue weighted by Gasteiger charge is 2.34. The van der Waals surface area contributed by atoms with E-state index in [1.807, 2.05) is 0 Å². The van der Waals surface area contributed by atoms with Crippen molar-refractivity contribution in [2.24, 2.45) is 5.92 Å². The van der Waals surface area contributed by atoms with Gasteiger partial charge in [-0.15, -0.1) is 0 Å². The van der Waals surface area contributed by atoms with Crippen molar-refractivity contribution in [1.29, 1.82) is 0 Å². The lowest BCUT2D eigenvalue weighted by atomic mass is 9.98. The van der Waals surface area contributed by atoms with Gasteiger partial charge in [0, 0.05) is 58.4 Å². The number of hydrogen-bond acceptors (Lipinski definition) is 5. The Balaban J connectivity index is 1.18. The lowest BCUT2D eigenvalue weighted by molar-refractivity contribution is -0.126. The molecular formula is C28H36N4O4S. The maximum absolute atomic E-state index is 13.5. The van der Waals surface area contributed by atoms with Crippen LogP contribution in [-0.4, -0.2) is 68.7 Å². The van der Waals surface area contributed by atoms with Gasteiger partial charge in [0.05, 0.1) is 10.8 Å². The minimum atomic E-state index is -3.72. The molecule has 198 valence electrons. The second-order valence-electron chi connectivity index (χ2n) is 10.4. The largest absolute Gasteiger partial charge is 0.355 e. The third-order valence-corrected chi connectivity index (χ3v) is 9.74. The van der Waals surface area contributed by atoms with Crippen LogP contribution in [0.3, 0.4) is 0 Å². The van der Waals surface area contributed by atoms with Crippen LogP contribution >= 0.6 is 0 Å². The Morgan fingerprint density at radius 3 is 2.59 bits per heavy atom. The highest BCUT2D eigenvalue weighted by atomic mass is 32.2. The molecular weight excluding hydrogens is 488 g/mol. The fraction of sp³-hybridized carbons (Fsp3) is 0.500. The highest BCUT2D eigenvalue weighted by Crippen LogP contribution is 2.31. The molecule has 1 N–H and O–H groups in total. The number of carbonyl (C=O) groups excluding carboxylic acids is 2. The number of amides is 2. The normalized spacial score (nSPS) is 20.7. The average molecular weight is 525 g/mol. The zero-order valence-corrected chi connectivity index (χ0v) is 22.3. The number of anilines is 1. The van der Waals surface area contributed by atoms with Gasteiger partial charge in [0.2, 0.25) is 21.8 Å². The molecule has 0 radical (unpaired) electrons. The van der Waals surface area contributed by atoms with E-state index in [9.17, 15) is 18.0 Å². The first kappa shape index (κ1) is 25.9. The summed E-state index contributed by atoms with van der Waals surface area (Å²) < 4.78 is 28.4. The first-order chi connectivity index (χ1) is 17.8. The minimum Gasteiger partial charge on any atom is -0.355 e. The van der Waals surface area contributed by atoms with E-state index in [0.29, 0.717) is 32.5 Å². The molecule has 3 aliphatic heterocycles. The summed E-state index contributed by atoms with van der Waals surface area (Å²) in [4.78, 5) is 29.2. The van der Waals surface area contributed by atoms with Crippen LogP contribution in [0, 0.1) is 5.92 Å². The quantitative estimate of drug-likeness (QED) is 0.627. The summed E-state index contributed by atoms with van der Waals surface area (Å²) in [7, 11) is -3.72. The number of nitrogens with zero attached hydrogens (tertiary/aromatic N) is 3. The van der Waals surface area contributed by atoms with Crippen molar-refractivity contribution >= 4 is 27.5 Å². The Bertz CT molecular complexity index is 1280. The maximum atomic E-state index is 13.5. The minimum absolute atomic E-state index is 0.0356. The molecule has 8 nitrogen and oxygen atoms in total. The van der Waals surface area contributed by atoms with Crippen LogP contribution in [0.5, 0.6) is 0 Å². The Morgan fingerprint density at radius 2 is 1.78 bits per heavy atom.